The van der Waals surface area contributed by atoms with E-state index in [4.69, 9.17) is 0 Å². The van der Waals surface area contributed by atoms with Crippen LogP contribution >= 0.6 is 0 Å². The number of likely N-dealkylation sites (tertiary alicyclic amines) is 1. The second kappa shape index (κ2) is 8.91. The second-order valence-corrected chi connectivity index (χ2v) is 7.92. The number of carbonyl (C=O) groups is 2. The minimum atomic E-state index is -0.229. The van der Waals surface area contributed by atoms with Crippen LogP contribution in [0.25, 0.3) is 5.57 Å². The van der Waals surface area contributed by atoms with E-state index in [2.05, 4.69) is 30.3 Å². The minimum absolute atomic E-state index is 0.0109. The van der Waals surface area contributed by atoms with Gasteiger partial charge < -0.3 is 14.9 Å². The molecule has 2 amide bonds. The van der Waals surface area contributed by atoms with Crippen molar-refractivity contribution in [2.24, 2.45) is 0 Å². The molecule has 0 unspecified atom stereocenters. The van der Waals surface area contributed by atoms with Crippen molar-refractivity contribution >= 4 is 17.4 Å². The van der Waals surface area contributed by atoms with Crippen molar-refractivity contribution < 1.29 is 14.7 Å². The van der Waals surface area contributed by atoms with Gasteiger partial charge >= 0.3 is 0 Å². The van der Waals surface area contributed by atoms with E-state index in [1.54, 1.807) is 16.7 Å². The molecule has 1 aliphatic heterocycles. The number of hydrogen-bond donors (Lipinski definition) is 1. The Balaban J connectivity index is 1.85. The first-order valence-electron chi connectivity index (χ1n) is 10.4. The summed E-state index contributed by atoms with van der Waals surface area (Å²) >= 11 is 0. The van der Waals surface area contributed by atoms with Crippen molar-refractivity contribution in [3.63, 3.8) is 0 Å². The highest BCUT2D eigenvalue weighted by Gasteiger charge is 2.50. The van der Waals surface area contributed by atoms with Crippen LogP contribution in [0, 0.1) is 0 Å². The smallest absolute Gasteiger partial charge is 0.220 e. The molecule has 1 aliphatic carbocycles. The monoisotopic (exact) mass is 384 g/mol. The van der Waals surface area contributed by atoms with Crippen LogP contribution in [0.1, 0.15) is 63.5 Å². The molecule has 1 fully saturated rings. The fourth-order valence-electron chi connectivity index (χ4n) is 4.79. The molecule has 5 heteroatoms. The maximum Gasteiger partial charge on any atom is 0.220 e. The lowest BCUT2D eigenvalue weighted by molar-refractivity contribution is -0.152. The number of nitrogens with zero attached hydrogens (tertiary/aromatic N) is 2. The van der Waals surface area contributed by atoms with E-state index in [9.17, 15) is 14.7 Å². The Kier molecular flexibility index (Phi) is 6.55. The number of aliphatic hydroxyl groups is 1. The summed E-state index contributed by atoms with van der Waals surface area (Å²) in [7, 11) is 0. The first-order chi connectivity index (χ1) is 13.5. The molecule has 0 spiro atoms. The van der Waals surface area contributed by atoms with Crippen LogP contribution < -0.4 is 0 Å². The molecule has 5 nitrogen and oxygen atoms in total. The third-order valence-corrected chi connectivity index (χ3v) is 6.29. The van der Waals surface area contributed by atoms with E-state index < -0.39 is 0 Å². The number of benzene rings is 1. The van der Waals surface area contributed by atoms with Crippen LogP contribution in [0.15, 0.2) is 30.3 Å². The largest absolute Gasteiger partial charge is 0.394 e. The average molecular weight is 385 g/mol. The maximum absolute atomic E-state index is 12.2. The molecular formula is C23H32N2O3. The predicted octanol–water partition coefficient (Wildman–Crippen LogP) is 3.19. The summed E-state index contributed by atoms with van der Waals surface area (Å²) < 4.78 is 0. The van der Waals surface area contributed by atoms with Crippen LogP contribution in [0.2, 0.25) is 0 Å². The van der Waals surface area contributed by atoms with Crippen LogP contribution in [0.4, 0.5) is 0 Å². The van der Waals surface area contributed by atoms with Crippen molar-refractivity contribution in [2.75, 3.05) is 19.7 Å². The molecule has 0 radical (unpaired) electrons. The molecule has 28 heavy (non-hydrogen) atoms. The minimum Gasteiger partial charge on any atom is -0.394 e. The normalized spacial score (nSPS) is 24.4. The van der Waals surface area contributed by atoms with Crippen molar-refractivity contribution in [1.82, 2.24) is 9.80 Å². The summed E-state index contributed by atoms with van der Waals surface area (Å²) in [6.07, 6.45) is 7.14. The molecule has 152 valence electrons. The molecule has 1 heterocycles. The molecule has 1 N–H and O–H groups in total. The van der Waals surface area contributed by atoms with Crippen LogP contribution in [0.5, 0.6) is 0 Å². The Hall–Kier alpha value is -2.14. The molecule has 3 rings (SSSR count). The number of amides is 2. The maximum atomic E-state index is 12.2. The molecule has 1 saturated heterocycles. The molecule has 3 atom stereocenters. The molecule has 0 bridgehead atoms. The zero-order valence-corrected chi connectivity index (χ0v) is 17.2. The van der Waals surface area contributed by atoms with E-state index >= 15 is 0 Å². The Morgan fingerprint density at radius 3 is 2.36 bits per heavy atom. The van der Waals surface area contributed by atoms with Gasteiger partial charge in [-0.05, 0) is 49.3 Å². The van der Waals surface area contributed by atoms with Gasteiger partial charge in [0.1, 0.15) is 0 Å². The van der Waals surface area contributed by atoms with Gasteiger partial charge in [-0.3, -0.25) is 9.59 Å². The lowest BCUT2D eigenvalue weighted by Crippen LogP contribution is -2.68. The Morgan fingerprint density at radius 1 is 1.14 bits per heavy atom. The highest BCUT2D eigenvalue weighted by atomic mass is 16.3. The van der Waals surface area contributed by atoms with Gasteiger partial charge in [0, 0.05) is 32.9 Å². The fraction of sp³-hybridized carbons (Fsp3) is 0.565. The molecule has 2 aliphatic rings. The summed E-state index contributed by atoms with van der Waals surface area (Å²) in [5.74, 6) is -0.00245. The quantitative estimate of drug-likeness (QED) is 0.819. The zero-order valence-electron chi connectivity index (χ0n) is 17.2. The van der Waals surface area contributed by atoms with Crippen LogP contribution in [-0.4, -0.2) is 58.5 Å². The lowest BCUT2D eigenvalue weighted by Gasteiger charge is -2.55. The third kappa shape index (κ3) is 4.00. The predicted molar refractivity (Wildman–Crippen MR) is 111 cm³/mol. The SMILES string of the molecule is CCN(C[C@H]1[C@@H](c2ccc(C3=CCCCC3)cc2)[C@@H](CO)N1C(C)=O)C(C)=O. The van der Waals surface area contributed by atoms with Crippen LogP contribution in [-0.2, 0) is 9.59 Å². The van der Waals surface area contributed by atoms with Gasteiger partial charge in [0.15, 0.2) is 0 Å². The second-order valence-electron chi connectivity index (χ2n) is 7.92. The highest BCUT2D eigenvalue weighted by molar-refractivity contribution is 5.77. The summed E-state index contributed by atoms with van der Waals surface area (Å²) in [5.41, 5.74) is 3.81. The van der Waals surface area contributed by atoms with Crippen molar-refractivity contribution in [1.29, 1.82) is 0 Å². The van der Waals surface area contributed by atoms with E-state index in [1.807, 2.05) is 6.92 Å². The Morgan fingerprint density at radius 2 is 1.86 bits per heavy atom. The van der Waals surface area contributed by atoms with Gasteiger partial charge in [-0.2, -0.15) is 0 Å². The molecule has 1 aromatic carbocycles. The number of allylic oxidation sites excluding steroid dienone is 2. The summed E-state index contributed by atoms with van der Waals surface area (Å²) in [6, 6.07) is 8.26. The van der Waals surface area contributed by atoms with Gasteiger partial charge in [-0.15, -0.1) is 0 Å². The van der Waals surface area contributed by atoms with E-state index in [1.165, 1.54) is 30.9 Å². The number of rotatable bonds is 6. The number of aliphatic hydroxyl groups excluding tert-OH is 1. The first kappa shape index (κ1) is 20.6. The fourth-order valence-corrected chi connectivity index (χ4v) is 4.79. The van der Waals surface area contributed by atoms with E-state index in [0.717, 1.165) is 18.4 Å². The van der Waals surface area contributed by atoms with E-state index in [0.29, 0.717) is 13.1 Å². The van der Waals surface area contributed by atoms with Crippen molar-refractivity contribution in [3.8, 4) is 0 Å². The topological polar surface area (TPSA) is 60.9 Å². The van der Waals surface area contributed by atoms with E-state index in [-0.39, 0.29) is 36.4 Å². The lowest BCUT2D eigenvalue weighted by atomic mass is 9.74. The first-order valence-corrected chi connectivity index (χ1v) is 10.4. The average Bonchev–Trinajstić information content (AvgIpc) is 2.68. The number of carbonyl (C=O) groups excluding carboxylic acids is 2. The van der Waals surface area contributed by atoms with Gasteiger partial charge in [-0.25, -0.2) is 0 Å². The zero-order chi connectivity index (χ0) is 20.3. The highest BCUT2D eigenvalue weighted by Crippen LogP contribution is 2.41. The Labute approximate surface area is 168 Å². The molecular weight excluding hydrogens is 352 g/mol. The summed E-state index contributed by atoms with van der Waals surface area (Å²) in [5, 5.41) is 9.93. The number of hydrogen-bond acceptors (Lipinski definition) is 3. The van der Waals surface area contributed by atoms with Gasteiger partial charge in [-0.1, -0.05) is 30.3 Å². The van der Waals surface area contributed by atoms with Crippen LogP contribution in [0.3, 0.4) is 0 Å². The van der Waals surface area contributed by atoms with Gasteiger partial charge in [0.2, 0.25) is 11.8 Å². The third-order valence-electron chi connectivity index (χ3n) is 6.29. The summed E-state index contributed by atoms with van der Waals surface area (Å²) in [6.45, 7) is 6.09. The Bertz CT molecular complexity index is 741. The molecule has 0 saturated carbocycles. The molecule has 0 aromatic heterocycles. The van der Waals surface area contributed by atoms with Crippen molar-refractivity contribution in [3.05, 3.63) is 41.5 Å². The molecule has 1 aromatic rings. The van der Waals surface area contributed by atoms with Gasteiger partial charge in [0.25, 0.3) is 0 Å². The van der Waals surface area contributed by atoms with Crippen molar-refractivity contribution in [2.45, 2.75) is 64.5 Å². The summed E-state index contributed by atoms with van der Waals surface area (Å²) in [4.78, 5) is 27.6. The standard InChI is InChI=1S/C23H32N2O3/c1-4-24(16(2)27)14-21-23(22(15-26)25(21)17(3)28)20-12-10-19(11-13-20)18-8-6-5-7-9-18/h8,10-13,21-23,26H,4-7,9,14-15H2,1-3H3/t21-,22+,23+/m0/s1. The number of likely N-dealkylation sites (N-methyl/N-ethyl adjacent to an activating group) is 1. The van der Waals surface area contributed by atoms with Gasteiger partial charge in [0.05, 0.1) is 18.7 Å².